The van der Waals surface area contributed by atoms with E-state index in [0.29, 0.717) is 12.0 Å². The van der Waals surface area contributed by atoms with E-state index in [4.69, 9.17) is 0 Å². The molecule has 3 atom stereocenters. The Hall–Kier alpha value is -0.290. The van der Waals surface area contributed by atoms with Crippen molar-refractivity contribution in [2.24, 2.45) is 11.8 Å². The van der Waals surface area contributed by atoms with Gasteiger partial charge in [-0.25, -0.2) is 0 Å². The Morgan fingerprint density at radius 1 is 1.26 bits per heavy atom. The molecule has 5 heteroatoms. The molecule has 1 saturated heterocycles. The number of rotatable bonds is 4. The molecule has 112 valence electrons. The van der Waals surface area contributed by atoms with E-state index < -0.39 is 12.7 Å². The number of hydrogen-bond donors (Lipinski definition) is 1. The van der Waals surface area contributed by atoms with Gasteiger partial charge in [0.2, 0.25) is 0 Å². The van der Waals surface area contributed by atoms with Crippen LogP contribution in [0.3, 0.4) is 0 Å². The fourth-order valence-corrected chi connectivity index (χ4v) is 3.35. The van der Waals surface area contributed by atoms with Crippen molar-refractivity contribution in [1.29, 1.82) is 0 Å². The van der Waals surface area contributed by atoms with Crippen LogP contribution in [0.1, 0.15) is 39.5 Å². The zero-order valence-electron chi connectivity index (χ0n) is 11.8. The molecule has 0 aromatic rings. The zero-order chi connectivity index (χ0) is 14.0. The molecule has 2 nitrogen and oxygen atoms in total. The summed E-state index contributed by atoms with van der Waals surface area (Å²) in [6.45, 7) is 5.31. The fraction of sp³-hybridized carbons (Fsp3) is 1.00. The van der Waals surface area contributed by atoms with Gasteiger partial charge in [-0.15, -0.1) is 0 Å². The molecule has 0 aromatic heterocycles. The monoisotopic (exact) mass is 278 g/mol. The highest BCUT2D eigenvalue weighted by Gasteiger charge is 2.35. The first kappa shape index (κ1) is 15.1. The number of alkyl halides is 3. The van der Waals surface area contributed by atoms with Crippen molar-refractivity contribution >= 4 is 0 Å². The summed E-state index contributed by atoms with van der Waals surface area (Å²) >= 11 is 0. The van der Waals surface area contributed by atoms with E-state index in [1.807, 2.05) is 0 Å². The molecule has 1 N–H and O–H groups in total. The van der Waals surface area contributed by atoms with Crippen molar-refractivity contribution in [2.45, 2.75) is 57.8 Å². The highest BCUT2D eigenvalue weighted by molar-refractivity contribution is 4.89. The number of piperidine rings is 1. The minimum Gasteiger partial charge on any atom is -0.305 e. The highest BCUT2D eigenvalue weighted by atomic mass is 19.4. The lowest BCUT2D eigenvalue weighted by Gasteiger charge is -2.45. The molecular weight excluding hydrogens is 253 g/mol. The van der Waals surface area contributed by atoms with Gasteiger partial charge in [-0.2, -0.15) is 13.2 Å². The van der Waals surface area contributed by atoms with Crippen LogP contribution < -0.4 is 5.32 Å². The topological polar surface area (TPSA) is 15.3 Å². The first-order valence-electron chi connectivity index (χ1n) is 7.39. The van der Waals surface area contributed by atoms with Gasteiger partial charge in [-0.3, -0.25) is 4.90 Å². The van der Waals surface area contributed by atoms with Gasteiger partial charge in [-0.05, 0) is 38.0 Å². The van der Waals surface area contributed by atoms with Gasteiger partial charge in [0, 0.05) is 25.2 Å². The molecule has 0 spiro atoms. The Kier molecular flexibility index (Phi) is 4.77. The maximum absolute atomic E-state index is 12.3. The Bertz CT molecular complexity index is 289. The van der Waals surface area contributed by atoms with E-state index in [9.17, 15) is 13.2 Å². The van der Waals surface area contributed by atoms with Gasteiger partial charge in [0.05, 0.1) is 6.54 Å². The average Bonchev–Trinajstić information content (AvgIpc) is 2.22. The first-order valence-corrected chi connectivity index (χ1v) is 7.39. The zero-order valence-corrected chi connectivity index (χ0v) is 11.8. The minimum absolute atomic E-state index is 0.0205. The third-order valence-corrected chi connectivity index (χ3v) is 4.69. The molecule has 0 aromatic carbocycles. The SMILES string of the molecule is CC1CC(NCC(F)(F)F)CN(C(C)C2CCC2)C1. The molecule has 0 bridgehead atoms. The molecule has 19 heavy (non-hydrogen) atoms. The number of likely N-dealkylation sites (tertiary alicyclic amines) is 1. The molecule has 1 aliphatic carbocycles. The number of halogens is 3. The van der Waals surface area contributed by atoms with Crippen LogP contribution in [-0.2, 0) is 0 Å². The van der Waals surface area contributed by atoms with Gasteiger partial charge < -0.3 is 5.32 Å². The molecule has 2 aliphatic rings. The molecular formula is C14H25F3N2. The average molecular weight is 278 g/mol. The summed E-state index contributed by atoms with van der Waals surface area (Å²) in [6, 6.07) is 0.500. The van der Waals surface area contributed by atoms with Gasteiger partial charge in [0.15, 0.2) is 0 Å². The molecule has 1 heterocycles. The van der Waals surface area contributed by atoms with E-state index in [-0.39, 0.29) is 6.04 Å². The molecule has 1 saturated carbocycles. The van der Waals surface area contributed by atoms with Gasteiger partial charge in [0.25, 0.3) is 0 Å². The Morgan fingerprint density at radius 2 is 1.95 bits per heavy atom. The van der Waals surface area contributed by atoms with Crippen LogP contribution in [0.4, 0.5) is 13.2 Å². The normalized spacial score (nSPS) is 32.1. The van der Waals surface area contributed by atoms with Crippen LogP contribution >= 0.6 is 0 Å². The predicted octanol–water partition coefficient (Wildman–Crippen LogP) is 3.04. The quantitative estimate of drug-likeness (QED) is 0.850. The summed E-state index contributed by atoms with van der Waals surface area (Å²) in [7, 11) is 0. The van der Waals surface area contributed by atoms with E-state index in [1.165, 1.54) is 19.3 Å². The van der Waals surface area contributed by atoms with Crippen molar-refractivity contribution in [3.8, 4) is 0 Å². The van der Waals surface area contributed by atoms with Gasteiger partial charge in [0.1, 0.15) is 0 Å². The molecule has 2 rings (SSSR count). The van der Waals surface area contributed by atoms with Crippen molar-refractivity contribution in [2.75, 3.05) is 19.6 Å². The third-order valence-electron chi connectivity index (χ3n) is 4.69. The van der Waals surface area contributed by atoms with Crippen LogP contribution in [0.15, 0.2) is 0 Å². The Balaban J connectivity index is 1.84. The van der Waals surface area contributed by atoms with Gasteiger partial charge in [-0.1, -0.05) is 13.3 Å². The number of nitrogens with zero attached hydrogens (tertiary/aromatic N) is 1. The van der Waals surface area contributed by atoms with Crippen molar-refractivity contribution in [3.63, 3.8) is 0 Å². The second-order valence-corrected chi connectivity index (χ2v) is 6.42. The highest BCUT2D eigenvalue weighted by Crippen LogP contribution is 2.33. The maximum atomic E-state index is 12.3. The number of hydrogen-bond acceptors (Lipinski definition) is 2. The lowest BCUT2D eigenvalue weighted by Crippen LogP contribution is -2.54. The summed E-state index contributed by atoms with van der Waals surface area (Å²) in [4.78, 5) is 2.39. The van der Waals surface area contributed by atoms with Crippen LogP contribution in [0.25, 0.3) is 0 Å². The maximum Gasteiger partial charge on any atom is 0.401 e. The van der Waals surface area contributed by atoms with Crippen LogP contribution in [0.5, 0.6) is 0 Å². The standard InChI is InChI=1S/C14H25F3N2/c1-10-6-13(18-9-14(15,16)17)8-19(7-10)11(2)12-4-3-5-12/h10-13,18H,3-9H2,1-2H3. The smallest absolute Gasteiger partial charge is 0.305 e. The van der Waals surface area contributed by atoms with Crippen molar-refractivity contribution < 1.29 is 13.2 Å². The Labute approximate surface area is 113 Å². The molecule has 0 amide bonds. The summed E-state index contributed by atoms with van der Waals surface area (Å²) in [5.74, 6) is 1.23. The molecule has 0 radical (unpaired) electrons. The van der Waals surface area contributed by atoms with Crippen molar-refractivity contribution in [1.82, 2.24) is 10.2 Å². The lowest BCUT2D eigenvalue weighted by molar-refractivity contribution is -0.127. The summed E-state index contributed by atoms with van der Waals surface area (Å²) < 4.78 is 36.8. The minimum atomic E-state index is -4.11. The van der Waals surface area contributed by atoms with E-state index in [1.54, 1.807) is 0 Å². The van der Waals surface area contributed by atoms with E-state index in [2.05, 4.69) is 24.1 Å². The van der Waals surface area contributed by atoms with E-state index in [0.717, 1.165) is 25.4 Å². The largest absolute Gasteiger partial charge is 0.401 e. The molecule has 2 fully saturated rings. The van der Waals surface area contributed by atoms with E-state index >= 15 is 0 Å². The second kappa shape index (κ2) is 6.00. The van der Waals surface area contributed by atoms with Crippen molar-refractivity contribution in [3.05, 3.63) is 0 Å². The summed E-state index contributed by atoms with van der Waals surface area (Å²) in [6.07, 6.45) is 0.628. The fourth-order valence-electron chi connectivity index (χ4n) is 3.35. The summed E-state index contributed by atoms with van der Waals surface area (Å²) in [5, 5.41) is 2.69. The van der Waals surface area contributed by atoms with Gasteiger partial charge >= 0.3 is 6.18 Å². The number of nitrogens with one attached hydrogen (secondary N) is 1. The third kappa shape index (κ3) is 4.35. The molecule has 3 unspecified atom stereocenters. The summed E-state index contributed by atoms with van der Waals surface area (Å²) in [5.41, 5.74) is 0. The second-order valence-electron chi connectivity index (χ2n) is 6.42. The Morgan fingerprint density at radius 3 is 2.47 bits per heavy atom. The molecule has 1 aliphatic heterocycles. The first-order chi connectivity index (χ1) is 8.85. The van der Waals surface area contributed by atoms with Crippen LogP contribution in [0.2, 0.25) is 0 Å². The lowest BCUT2D eigenvalue weighted by atomic mass is 9.79. The predicted molar refractivity (Wildman–Crippen MR) is 70.0 cm³/mol. The van der Waals surface area contributed by atoms with Crippen LogP contribution in [-0.4, -0.2) is 42.8 Å². The van der Waals surface area contributed by atoms with Crippen LogP contribution in [0, 0.1) is 11.8 Å².